The topological polar surface area (TPSA) is 66.5 Å². The van der Waals surface area contributed by atoms with Gasteiger partial charge < -0.3 is 5.32 Å². The van der Waals surface area contributed by atoms with Crippen LogP contribution in [0.5, 0.6) is 0 Å². The maximum Gasteiger partial charge on any atom is 0.242 e. The smallest absolute Gasteiger partial charge is 0.242 e. The van der Waals surface area contributed by atoms with Crippen LogP contribution in [-0.2, 0) is 27.8 Å². The second kappa shape index (κ2) is 7.55. The molecule has 0 unspecified atom stereocenters. The molecule has 0 saturated heterocycles. The van der Waals surface area contributed by atoms with Gasteiger partial charge in [-0.3, -0.25) is 4.79 Å². The summed E-state index contributed by atoms with van der Waals surface area (Å²) in [6.07, 6.45) is -0.102. The first kappa shape index (κ1) is 18.1. The fraction of sp³-hybridized carbons (Fsp3) is 0.235. The van der Waals surface area contributed by atoms with Gasteiger partial charge >= 0.3 is 0 Å². The van der Waals surface area contributed by atoms with E-state index in [4.69, 9.17) is 0 Å². The fourth-order valence-corrected chi connectivity index (χ4v) is 3.28. The molecule has 0 atom stereocenters. The van der Waals surface area contributed by atoms with Crippen LogP contribution in [0.3, 0.4) is 0 Å². The molecule has 0 aromatic heterocycles. The third-order valence-corrected chi connectivity index (χ3v) is 5.43. The molecule has 2 rings (SSSR count). The van der Waals surface area contributed by atoms with Crippen LogP contribution in [0, 0.1) is 5.82 Å². The minimum absolute atomic E-state index is 0.0521. The van der Waals surface area contributed by atoms with Gasteiger partial charge in [-0.15, -0.1) is 0 Å². The summed E-state index contributed by atoms with van der Waals surface area (Å²) in [6, 6.07) is 12.5. The Morgan fingerprint density at radius 3 is 2.25 bits per heavy atom. The predicted molar refractivity (Wildman–Crippen MR) is 89.3 cm³/mol. The lowest BCUT2D eigenvalue weighted by Crippen LogP contribution is -2.28. The van der Waals surface area contributed by atoms with Crippen molar-refractivity contribution >= 4 is 15.9 Å². The van der Waals surface area contributed by atoms with E-state index in [0.717, 1.165) is 4.31 Å². The first-order chi connectivity index (χ1) is 11.3. The van der Waals surface area contributed by atoms with Crippen molar-refractivity contribution in [3.63, 3.8) is 0 Å². The van der Waals surface area contributed by atoms with Crippen molar-refractivity contribution in [1.29, 1.82) is 0 Å². The molecule has 1 amide bonds. The van der Waals surface area contributed by atoms with E-state index in [1.807, 2.05) is 0 Å². The van der Waals surface area contributed by atoms with Gasteiger partial charge in [0.15, 0.2) is 0 Å². The van der Waals surface area contributed by atoms with Gasteiger partial charge in [-0.25, -0.2) is 17.1 Å². The summed E-state index contributed by atoms with van der Waals surface area (Å²) in [4.78, 5) is 12.1. The second-order valence-electron chi connectivity index (χ2n) is 5.44. The maximum atomic E-state index is 13.6. The lowest BCUT2D eigenvalue weighted by atomic mass is 10.1. The number of amides is 1. The highest BCUT2D eigenvalue weighted by molar-refractivity contribution is 7.89. The normalized spacial score (nSPS) is 11.5. The number of halogens is 1. The number of hydrogen-bond donors (Lipinski definition) is 1. The molecule has 0 bridgehead atoms. The molecule has 0 aliphatic carbocycles. The lowest BCUT2D eigenvalue weighted by molar-refractivity contribution is -0.120. The molecule has 0 aliphatic heterocycles. The van der Waals surface area contributed by atoms with Crippen LogP contribution in [0.25, 0.3) is 0 Å². The summed E-state index contributed by atoms with van der Waals surface area (Å²) in [6.45, 7) is 0.0521. The van der Waals surface area contributed by atoms with E-state index in [2.05, 4.69) is 5.32 Å². The molecule has 0 spiro atoms. The van der Waals surface area contributed by atoms with Gasteiger partial charge in [-0.1, -0.05) is 36.4 Å². The molecule has 2 aromatic rings. The van der Waals surface area contributed by atoms with Crippen LogP contribution >= 0.6 is 0 Å². The Bertz CT molecular complexity index is 835. The van der Waals surface area contributed by atoms with Crippen molar-refractivity contribution in [1.82, 2.24) is 9.62 Å². The number of carbonyl (C=O) groups is 1. The summed E-state index contributed by atoms with van der Waals surface area (Å²) in [5.41, 5.74) is 0.775. The first-order valence-electron chi connectivity index (χ1n) is 7.33. The molecule has 128 valence electrons. The van der Waals surface area contributed by atoms with E-state index >= 15 is 0 Å². The van der Waals surface area contributed by atoms with Crippen LogP contribution in [0.15, 0.2) is 53.4 Å². The van der Waals surface area contributed by atoms with E-state index in [-0.39, 0.29) is 23.8 Å². The molecule has 1 N–H and O–H groups in total. The number of sulfonamides is 1. The van der Waals surface area contributed by atoms with Gasteiger partial charge in [0.2, 0.25) is 15.9 Å². The lowest BCUT2D eigenvalue weighted by Gasteiger charge is -2.15. The average molecular weight is 350 g/mol. The highest BCUT2D eigenvalue weighted by Crippen LogP contribution is 2.18. The van der Waals surface area contributed by atoms with Crippen LogP contribution in [0.2, 0.25) is 0 Å². The number of carbonyl (C=O) groups excluding carboxylic acids is 1. The zero-order chi connectivity index (χ0) is 17.7. The SMILES string of the molecule is CN(C)S(=O)(=O)c1ccccc1CNC(=O)Cc1ccccc1F. The number of nitrogens with one attached hydrogen (secondary N) is 1. The van der Waals surface area contributed by atoms with Gasteiger partial charge in [0, 0.05) is 20.6 Å². The Hall–Kier alpha value is -2.25. The zero-order valence-corrected chi connectivity index (χ0v) is 14.3. The zero-order valence-electron chi connectivity index (χ0n) is 13.5. The van der Waals surface area contributed by atoms with Crippen molar-refractivity contribution < 1.29 is 17.6 Å². The molecule has 0 aliphatic rings. The number of rotatable bonds is 6. The molecule has 0 heterocycles. The first-order valence-corrected chi connectivity index (χ1v) is 8.77. The highest BCUT2D eigenvalue weighted by atomic mass is 32.2. The van der Waals surface area contributed by atoms with Crippen LogP contribution in [0.1, 0.15) is 11.1 Å². The van der Waals surface area contributed by atoms with Crippen LogP contribution in [0.4, 0.5) is 4.39 Å². The van der Waals surface area contributed by atoms with Gasteiger partial charge in [-0.05, 0) is 23.3 Å². The van der Waals surface area contributed by atoms with E-state index in [0.29, 0.717) is 11.1 Å². The number of nitrogens with zero attached hydrogens (tertiary/aromatic N) is 1. The fourth-order valence-electron chi connectivity index (χ4n) is 2.17. The van der Waals surface area contributed by atoms with Crippen molar-refractivity contribution in [3.8, 4) is 0 Å². The summed E-state index contributed by atoms with van der Waals surface area (Å²) in [5, 5.41) is 2.64. The molecule has 24 heavy (non-hydrogen) atoms. The molecule has 0 saturated carbocycles. The Labute approximate surface area is 141 Å². The Kier molecular flexibility index (Phi) is 5.69. The Morgan fingerprint density at radius 2 is 1.62 bits per heavy atom. The van der Waals surface area contributed by atoms with Crippen molar-refractivity contribution in [3.05, 3.63) is 65.5 Å². The van der Waals surface area contributed by atoms with Crippen LogP contribution in [-0.4, -0.2) is 32.7 Å². The van der Waals surface area contributed by atoms with Gasteiger partial charge in [0.1, 0.15) is 5.82 Å². The summed E-state index contributed by atoms with van der Waals surface area (Å²) in [7, 11) is -0.704. The quantitative estimate of drug-likeness (QED) is 0.866. The minimum atomic E-state index is -3.60. The Balaban J connectivity index is 2.10. The molecule has 0 radical (unpaired) electrons. The average Bonchev–Trinajstić information content (AvgIpc) is 2.55. The van der Waals surface area contributed by atoms with Crippen LogP contribution < -0.4 is 5.32 Å². The third-order valence-electron chi connectivity index (χ3n) is 3.52. The molecular weight excluding hydrogens is 331 g/mol. The van der Waals surface area contributed by atoms with Gasteiger partial charge in [0.25, 0.3) is 0 Å². The third kappa shape index (κ3) is 4.18. The van der Waals surface area contributed by atoms with E-state index in [1.54, 1.807) is 36.4 Å². The van der Waals surface area contributed by atoms with Gasteiger partial charge in [0.05, 0.1) is 11.3 Å². The molecule has 0 fully saturated rings. The van der Waals surface area contributed by atoms with Crippen molar-refractivity contribution in [2.45, 2.75) is 17.9 Å². The highest BCUT2D eigenvalue weighted by Gasteiger charge is 2.20. The Morgan fingerprint density at radius 1 is 1.04 bits per heavy atom. The van der Waals surface area contributed by atoms with Crippen molar-refractivity contribution in [2.75, 3.05) is 14.1 Å². The van der Waals surface area contributed by atoms with Gasteiger partial charge in [-0.2, -0.15) is 0 Å². The maximum absolute atomic E-state index is 13.6. The van der Waals surface area contributed by atoms with E-state index in [1.165, 1.54) is 26.2 Å². The minimum Gasteiger partial charge on any atom is -0.352 e. The largest absolute Gasteiger partial charge is 0.352 e. The summed E-state index contributed by atoms with van der Waals surface area (Å²) < 4.78 is 39.3. The molecular formula is C17H19FN2O3S. The molecule has 5 nitrogen and oxygen atoms in total. The van der Waals surface area contributed by atoms with E-state index < -0.39 is 15.8 Å². The monoisotopic (exact) mass is 350 g/mol. The summed E-state index contributed by atoms with van der Waals surface area (Å²) >= 11 is 0. The number of hydrogen-bond acceptors (Lipinski definition) is 3. The molecule has 7 heteroatoms. The standard InChI is InChI=1S/C17H19FN2O3S/c1-20(2)24(22,23)16-10-6-4-8-14(16)12-19-17(21)11-13-7-3-5-9-15(13)18/h3-10H,11-12H2,1-2H3,(H,19,21). The predicted octanol–water partition coefficient (Wildman–Crippen LogP) is 1.93. The second-order valence-corrected chi connectivity index (χ2v) is 7.56. The molecule has 2 aromatic carbocycles. The number of benzene rings is 2. The van der Waals surface area contributed by atoms with E-state index in [9.17, 15) is 17.6 Å². The summed E-state index contributed by atoms with van der Waals surface area (Å²) in [5.74, 6) is -0.819. The van der Waals surface area contributed by atoms with Crippen molar-refractivity contribution in [2.24, 2.45) is 0 Å².